The standard InChI is InChI=1S/C29H28N4O/c1-29(2,30-3)25-14-4-5-15-26(25)32-21-10-8-12-23(18-21)34-24-13-9-11-22(19-24)33-20-31-27-16-6-7-17-28(27)33/h4-20,30,32H,1-3H3. The van der Waals surface area contributed by atoms with Gasteiger partial charge in [-0.2, -0.15) is 0 Å². The summed E-state index contributed by atoms with van der Waals surface area (Å²) < 4.78 is 8.31. The Labute approximate surface area is 200 Å². The predicted octanol–water partition coefficient (Wildman–Crippen LogP) is 7.02. The summed E-state index contributed by atoms with van der Waals surface area (Å²) in [6.45, 7) is 4.34. The minimum absolute atomic E-state index is 0.157. The van der Waals surface area contributed by atoms with Gasteiger partial charge < -0.3 is 15.4 Å². The van der Waals surface area contributed by atoms with Crippen LogP contribution >= 0.6 is 0 Å². The van der Waals surface area contributed by atoms with Gasteiger partial charge in [-0.05, 0) is 68.9 Å². The fraction of sp³-hybridized carbons (Fsp3) is 0.138. The number of imidazole rings is 1. The molecule has 0 spiro atoms. The number of nitrogens with zero attached hydrogens (tertiary/aromatic N) is 2. The number of ether oxygens (including phenoxy) is 1. The van der Waals surface area contributed by atoms with Crippen LogP contribution in [0.5, 0.6) is 11.5 Å². The average Bonchev–Trinajstić information content (AvgIpc) is 3.29. The van der Waals surface area contributed by atoms with Crippen molar-refractivity contribution in [3.63, 3.8) is 0 Å². The summed E-state index contributed by atoms with van der Waals surface area (Å²) in [5.41, 5.74) is 6.10. The van der Waals surface area contributed by atoms with Gasteiger partial charge in [0.25, 0.3) is 0 Å². The van der Waals surface area contributed by atoms with Crippen LogP contribution in [0.2, 0.25) is 0 Å². The van der Waals surface area contributed by atoms with Crippen LogP contribution in [0.25, 0.3) is 16.7 Å². The molecule has 0 bridgehead atoms. The van der Waals surface area contributed by atoms with Crippen molar-refractivity contribution in [1.82, 2.24) is 14.9 Å². The average molecular weight is 449 g/mol. The lowest BCUT2D eigenvalue weighted by Crippen LogP contribution is -2.33. The van der Waals surface area contributed by atoms with Gasteiger partial charge in [0.15, 0.2) is 0 Å². The molecule has 5 heteroatoms. The van der Waals surface area contributed by atoms with Crippen molar-refractivity contribution in [1.29, 1.82) is 0 Å². The summed E-state index contributed by atoms with van der Waals surface area (Å²) in [5.74, 6) is 1.53. The van der Waals surface area contributed by atoms with Gasteiger partial charge in [0.1, 0.15) is 17.8 Å². The van der Waals surface area contributed by atoms with Crippen LogP contribution in [0, 0.1) is 0 Å². The Hall–Kier alpha value is -4.09. The molecular weight excluding hydrogens is 420 g/mol. The van der Waals surface area contributed by atoms with E-state index in [0.29, 0.717) is 0 Å². The van der Waals surface area contributed by atoms with Crippen molar-refractivity contribution in [3.8, 4) is 17.2 Å². The highest BCUT2D eigenvalue weighted by Gasteiger charge is 2.21. The number of para-hydroxylation sites is 3. The van der Waals surface area contributed by atoms with Crippen LogP contribution in [0.15, 0.2) is 103 Å². The van der Waals surface area contributed by atoms with Crippen molar-refractivity contribution in [2.75, 3.05) is 12.4 Å². The normalized spacial score (nSPS) is 11.5. The Morgan fingerprint density at radius 2 is 1.53 bits per heavy atom. The van der Waals surface area contributed by atoms with E-state index in [1.165, 1.54) is 5.56 Å². The maximum Gasteiger partial charge on any atom is 0.129 e. The zero-order valence-corrected chi connectivity index (χ0v) is 19.6. The van der Waals surface area contributed by atoms with E-state index in [2.05, 4.69) is 64.4 Å². The molecule has 0 saturated heterocycles. The molecule has 5 nitrogen and oxygen atoms in total. The monoisotopic (exact) mass is 448 g/mol. The molecule has 0 atom stereocenters. The summed E-state index contributed by atoms with van der Waals surface area (Å²) in [6, 6.07) is 32.5. The third-order valence-electron chi connectivity index (χ3n) is 6.12. The minimum atomic E-state index is -0.157. The number of fused-ring (bicyclic) bond motifs is 1. The molecule has 0 aliphatic carbocycles. The number of aromatic nitrogens is 2. The van der Waals surface area contributed by atoms with Gasteiger partial charge in [-0.25, -0.2) is 4.98 Å². The van der Waals surface area contributed by atoms with Gasteiger partial charge in [-0.1, -0.05) is 42.5 Å². The van der Waals surface area contributed by atoms with Gasteiger partial charge >= 0.3 is 0 Å². The lowest BCUT2D eigenvalue weighted by molar-refractivity contribution is 0.446. The van der Waals surface area contributed by atoms with Gasteiger partial charge in [-0.15, -0.1) is 0 Å². The lowest BCUT2D eigenvalue weighted by Gasteiger charge is -2.27. The largest absolute Gasteiger partial charge is 0.457 e. The number of nitrogens with one attached hydrogen (secondary N) is 2. The summed E-state index contributed by atoms with van der Waals surface area (Å²) in [5, 5.41) is 6.95. The second-order valence-electron chi connectivity index (χ2n) is 8.78. The van der Waals surface area contributed by atoms with E-state index in [-0.39, 0.29) is 5.54 Å². The molecule has 170 valence electrons. The van der Waals surface area contributed by atoms with Crippen LogP contribution in [0.1, 0.15) is 19.4 Å². The Morgan fingerprint density at radius 3 is 2.38 bits per heavy atom. The molecule has 1 aromatic heterocycles. The van der Waals surface area contributed by atoms with Crippen molar-refractivity contribution < 1.29 is 4.74 Å². The molecule has 0 radical (unpaired) electrons. The van der Waals surface area contributed by atoms with E-state index in [0.717, 1.165) is 39.6 Å². The van der Waals surface area contributed by atoms with Gasteiger partial charge in [0, 0.05) is 29.0 Å². The Balaban J connectivity index is 1.39. The first kappa shape index (κ1) is 21.7. The SMILES string of the molecule is CNC(C)(C)c1ccccc1Nc1cccc(Oc2cccc(-n3cnc4ccccc43)c2)c1. The van der Waals surface area contributed by atoms with Crippen LogP contribution < -0.4 is 15.4 Å². The third kappa shape index (κ3) is 4.38. The second kappa shape index (κ2) is 9.04. The molecule has 34 heavy (non-hydrogen) atoms. The number of hydrogen-bond acceptors (Lipinski definition) is 4. The number of hydrogen-bond donors (Lipinski definition) is 2. The van der Waals surface area contributed by atoms with Gasteiger partial charge in [0.2, 0.25) is 0 Å². The van der Waals surface area contributed by atoms with Crippen molar-refractivity contribution in [3.05, 3.63) is 109 Å². The van der Waals surface area contributed by atoms with Crippen LogP contribution in [0.4, 0.5) is 11.4 Å². The second-order valence-corrected chi connectivity index (χ2v) is 8.78. The van der Waals surface area contributed by atoms with E-state index in [9.17, 15) is 0 Å². The minimum Gasteiger partial charge on any atom is -0.457 e. The van der Waals surface area contributed by atoms with E-state index in [1.807, 2.05) is 80.1 Å². The van der Waals surface area contributed by atoms with E-state index >= 15 is 0 Å². The van der Waals surface area contributed by atoms with Crippen LogP contribution in [0.3, 0.4) is 0 Å². The van der Waals surface area contributed by atoms with E-state index < -0.39 is 0 Å². The summed E-state index contributed by atoms with van der Waals surface area (Å²) in [7, 11) is 1.98. The van der Waals surface area contributed by atoms with Crippen LogP contribution in [-0.2, 0) is 5.54 Å². The summed E-state index contributed by atoms with van der Waals surface area (Å²) in [4.78, 5) is 4.50. The number of rotatable bonds is 7. The zero-order chi connectivity index (χ0) is 23.5. The fourth-order valence-electron chi connectivity index (χ4n) is 4.06. The number of benzene rings is 4. The van der Waals surface area contributed by atoms with Crippen molar-refractivity contribution in [2.24, 2.45) is 0 Å². The Morgan fingerprint density at radius 1 is 0.794 bits per heavy atom. The summed E-state index contributed by atoms with van der Waals surface area (Å²) in [6.07, 6.45) is 1.85. The zero-order valence-electron chi connectivity index (χ0n) is 19.6. The molecule has 0 fully saturated rings. The maximum absolute atomic E-state index is 6.24. The molecule has 0 saturated carbocycles. The first-order valence-electron chi connectivity index (χ1n) is 11.4. The quantitative estimate of drug-likeness (QED) is 0.281. The molecule has 5 aromatic rings. The lowest BCUT2D eigenvalue weighted by atomic mass is 9.93. The molecule has 4 aromatic carbocycles. The highest BCUT2D eigenvalue weighted by Crippen LogP contribution is 2.32. The molecule has 0 amide bonds. The van der Waals surface area contributed by atoms with Gasteiger partial charge in [0.05, 0.1) is 16.7 Å². The first-order valence-corrected chi connectivity index (χ1v) is 11.4. The highest BCUT2D eigenvalue weighted by molar-refractivity contribution is 5.77. The summed E-state index contributed by atoms with van der Waals surface area (Å²) >= 11 is 0. The molecule has 2 N–H and O–H groups in total. The molecule has 1 heterocycles. The van der Waals surface area contributed by atoms with E-state index in [4.69, 9.17) is 4.74 Å². The van der Waals surface area contributed by atoms with E-state index in [1.54, 1.807) is 0 Å². The number of anilines is 2. The first-order chi connectivity index (χ1) is 16.5. The van der Waals surface area contributed by atoms with Gasteiger partial charge in [-0.3, -0.25) is 4.57 Å². The van der Waals surface area contributed by atoms with Crippen molar-refractivity contribution in [2.45, 2.75) is 19.4 Å². The molecular formula is C29H28N4O. The fourth-order valence-corrected chi connectivity index (χ4v) is 4.06. The Kier molecular flexibility index (Phi) is 5.78. The van der Waals surface area contributed by atoms with Crippen LogP contribution in [-0.4, -0.2) is 16.6 Å². The molecule has 0 unspecified atom stereocenters. The molecule has 5 rings (SSSR count). The highest BCUT2D eigenvalue weighted by atomic mass is 16.5. The Bertz CT molecular complexity index is 1440. The topological polar surface area (TPSA) is 51.1 Å². The molecule has 0 aliphatic rings. The van der Waals surface area contributed by atoms with Crippen molar-refractivity contribution >= 4 is 22.4 Å². The molecule has 0 aliphatic heterocycles. The third-order valence-corrected chi connectivity index (χ3v) is 6.12. The predicted molar refractivity (Wildman–Crippen MR) is 139 cm³/mol. The maximum atomic E-state index is 6.24. The smallest absolute Gasteiger partial charge is 0.129 e.